The molecular weight excluding hydrogens is 566 g/mol. The molecule has 3 aromatic rings. The zero-order chi connectivity index (χ0) is 29.7. The minimum absolute atomic E-state index is 0.158. The minimum Gasteiger partial charge on any atom is -0.366 e. The summed E-state index contributed by atoms with van der Waals surface area (Å²) in [6.45, 7) is -0.913. The highest BCUT2D eigenvalue weighted by atomic mass is 32.1. The summed E-state index contributed by atoms with van der Waals surface area (Å²) in [6, 6.07) is 7.28. The maximum Gasteiger partial charge on any atom is 0.408 e. The standard InChI is InChI=1S/C28H23F4N3O5S/c1-15(28(30,31)32)35(10-16-2-5-19(29)6-3-16)24(37)11-34-14-40-27(26(34)39)22-7-4-17(8-18(22)9-23(27)36)20-12-41-13-21(20)25(33)38/h2-8,12-13,15H,9-11,14H2,1H3,(H2,33,38)/t15-,27+/m0/s1. The summed E-state index contributed by atoms with van der Waals surface area (Å²) >= 11 is 1.28. The zero-order valence-electron chi connectivity index (χ0n) is 21.5. The lowest BCUT2D eigenvalue weighted by atomic mass is 9.92. The first kappa shape index (κ1) is 28.4. The summed E-state index contributed by atoms with van der Waals surface area (Å²) < 4.78 is 60.0. The number of hydrogen-bond acceptors (Lipinski definition) is 6. The fourth-order valence-corrected chi connectivity index (χ4v) is 5.94. The third kappa shape index (κ3) is 4.99. The van der Waals surface area contributed by atoms with Crippen LogP contribution in [0.4, 0.5) is 17.6 Å². The molecule has 3 amide bonds. The Kier molecular flexibility index (Phi) is 7.20. The predicted octanol–water partition coefficient (Wildman–Crippen LogP) is 3.77. The van der Waals surface area contributed by atoms with E-state index >= 15 is 0 Å². The predicted molar refractivity (Wildman–Crippen MR) is 139 cm³/mol. The van der Waals surface area contributed by atoms with Crippen molar-refractivity contribution in [2.24, 2.45) is 5.73 Å². The van der Waals surface area contributed by atoms with Gasteiger partial charge >= 0.3 is 6.18 Å². The summed E-state index contributed by atoms with van der Waals surface area (Å²) in [7, 11) is 0. The molecule has 41 heavy (non-hydrogen) atoms. The van der Waals surface area contributed by atoms with Gasteiger partial charge in [0.05, 0.1) is 5.56 Å². The summed E-state index contributed by atoms with van der Waals surface area (Å²) in [5, 5.41) is 3.34. The number of primary amides is 1. The number of nitrogens with two attached hydrogens (primary N) is 1. The highest BCUT2D eigenvalue weighted by Gasteiger charge is 2.59. The fourth-order valence-electron chi connectivity index (χ4n) is 5.10. The van der Waals surface area contributed by atoms with Crippen LogP contribution in [0.5, 0.6) is 0 Å². The summed E-state index contributed by atoms with van der Waals surface area (Å²) in [4.78, 5) is 53.2. The molecule has 1 saturated heterocycles. The van der Waals surface area contributed by atoms with Gasteiger partial charge in [-0.2, -0.15) is 24.5 Å². The summed E-state index contributed by atoms with van der Waals surface area (Å²) in [6.07, 6.45) is -4.92. The molecule has 2 atom stereocenters. The number of rotatable bonds is 7. The van der Waals surface area contributed by atoms with Crippen LogP contribution in [0.2, 0.25) is 0 Å². The minimum atomic E-state index is -4.77. The number of fused-ring (bicyclic) bond motifs is 2. The summed E-state index contributed by atoms with van der Waals surface area (Å²) in [5.74, 6) is -3.64. The lowest BCUT2D eigenvalue weighted by molar-refractivity contribution is -0.187. The molecule has 2 heterocycles. The number of ether oxygens (including phenoxy) is 1. The first-order valence-corrected chi connectivity index (χ1v) is 13.3. The molecule has 8 nitrogen and oxygen atoms in total. The molecule has 2 aromatic carbocycles. The molecule has 5 rings (SSSR count). The Morgan fingerprint density at radius 3 is 2.51 bits per heavy atom. The van der Waals surface area contributed by atoms with Gasteiger partial charge in [0, 0.05) is 29.5 Å². The Balaban J connectivity index is 1.39. The Labute approximate surface area is 235 Å². The molecule has 0 unspecified atom stereocenters. The van der Waals surface area contributed by atoms with Gasteiger partial charge < -0.3 is 20.3 Å². The topological polar surface area (TPSA) is 110 Å². The lowest BCUT2D eigenvalue weighted by Crippen LogP contribution is -2.51. The van der Waals surface area contributed by atoms with E-state index in [1.807, 2.05) is 0 Å². The van der Waals surface area contributed by atoms with Crippen LogP contribution in [-0.2, 0) is 37.7 Å². The Bertz CT molecular complexity index is 1550. The number of alkyl halides is 3. The van der Waals surface area contributed by atoms with Crippen molar-refractivity contribution in [3.05, 3.63) is 81.3 Å². The van der Waals surface area contributed by atoms with Crippen LogP contribution in [0.15, 0.2) is 53.2 Å². The number of hydrogen-bond donors (Lipinski definition) is 1. The van der Waals surface area contributed by atoms with Gasteiger partial charge in [-0.05, 0) is 41.1 Å². The average molecular weight is 590 g/mol. The molecule has 1 spiro atoms. The monoisotopic (exact) mass is 589 g/mol. The number of ketones is 1. The smallest absolute Gasteiger partial charge is 0.366 e. The Morgan fingerprint density at radius 2 is 1.85 bits per heavy atom. The van der Waals surface area contributed by atoms with Gasteiger partial charge in [-0.3, -0.25) is 19.2 Å². The van der Waals surface area contributed by atoms with Gasteiger partial charge in [-0.15, -0.1) is 0 Å². The molecular formula is C28H23F4N3O5S. The van der Waals surface area contributed by atoms with Crippen LogP contribution >= 0.6 is 11.3 Å². The van der Waals surface area contributed by atoms with Crippen LogP contribution in [0.25, 0.3) is 11.1 Å². The van der Waals surface area contributed by atoms with Crippen LogP contribution in [0.1, 0.15) is 34.0 Å². The van der Waals surface area contributed by atoms with Gasteiger partial charge in [-0.1, -0.05) is 30.3 Å². The molecule has 1 aromatic heterocycles. The van der Waals surface area contributed by atoms with Crippen molar-refractivity contribution in [1.82, 2.24) is 9.80 Å². The quantitative estimate of drug-likeness (QED) is 0.333. The number of Topliss-reactive ketones (excluding diaryl/α,β-unsaturated/α-hetero) is 1. The van der Waals surface area contributed by atoms with E-state index in [0.29, 0.717) is 27.2 Å². The first-order chi connectivity index (χ1) is 19.3. The second-order valence-electron chi connectivity index (χ2n) is 9.86. The molecule has 1 aliphatic carbocycles. The second-order valence-corrected chi connectivity index (χ2v) is 10.6. The molecule has 0 bridgehead atoms. The maximum absolute atomic E-state index is 13.6. The number of nitrogens with zero attached hydrogens (tertiary/aromatic N) is 2. The van der Waals surface area contributed by atoms with Crippen LogP contribution < -0.4 is 5.73 Å². The number of carbonyl (C=O) groups excluding carboxylic acids is 4. The second kappa shape index (κ2) is 10.4. The molecule has 2 aliphatic rings. The van der Waals surface area contributed by atoms with Crippen molar-refractivity contribution in [2.75, 3.05) is 13.3 Å². The van der Waals surface area contributed by atoms with E-state index in [-0.39, 0.29) is 17.5 Å². The van der Waals surface area contributed by atoms with Crippen LogP contribution in [-0.4, -0.2) is 58.8 Å². The van der Waals surface area contributed by atoms with E-state index in [0.717, 1.165) is 24.0 Å². The number of thiophene rings is 1. The van der Waals surface area contributed by atoms with E-state index in [9.17, 15) is 36.7 Å². The maximum atomic E-state index is 13.6. The van der Waals surface area contributed by atoms with E-state index in [1.165, 1.54) is 29.5 Å². The molecule has 2 N–H and O–H groups in total. The molecule has 1 fully saturated rings. The van der Waals surface area contributed by atoms with Crippen molar-refractivity contribution in [3.8, 4) is 11.1 Å². The van der Waals surface area contributed by atoms with Crippen LogP contribution in [0.3, 0.4) is 0 Å². The Morgan fingerprint density at radius 1 is 1.15 bits per heavy atom. The largest absolute Gasteiger partial charge is 0.408 e. The third-order valence-electron chi connectivity index (χ3n) is 7.35. The SMILES string of the molecule is C[C@H](N(Cc1ccc(F)cc1)C(=O)CN1CO[C@]2(C(=O)Cc3cc(-c4cscc4C(N)=O)ccc32)C1=O)C(F)(F)F. The van der Waals surface area contributed by atoms with Gasteiger partial charge in [0.15, 0.2) is 5.78 Å². The van der Waals surface area contributed by atoms with Crippen molar-refractivity contribution in [1.29, 1.82) is 0 Å². The van der Waals surface area contributed by atoms with E-state index in [2.05, 4.69) is 0 Å². The van der Waals surface area contributed by atoms with Crippen molar-refractivity contribution in [2.45, 2.75) is 37.7 Å². The number of amides is 3. The van der Waals surface area contributed by atoms with E-state index < -0.39 is 67.0 Å². The zero-order valence-corrected chi connectivity index (χ0v) is 22.4. The van der Waals surface area contributed by atoms with Crippen LogP contribution in [0, 0.1) is 5.82 Å². The molecule has 1 aliphatic heterocycles. The summed E-state index contributed by atoms with van der Waals surface area (Å²) in [5.41, 5.74) is 5.94. The van der Waals surface area contributed by atoms with Gasteiger partial charge in [-0.25, -0.2) is 4.39 Å². The van der Waals surface area contributed by atoms with Crippen molar-refractivity contribution < 1.29 is 41.5 Å². The molecule has 214 valence electrons. The molecule has 0 saturated carbocycles. The van der Waals surface area contributed by atoms with Crippen molar-refractivity contribution >= 4 is 34.8 Å². The van der Waals surface area contributed by atoms with Gasteiger partial charge in [0.1, 0.15) is 25.1 Å². The van der Waals surface area contributed by atoms with E-state index in [4.69, 9.17) is 10.5 Å². The number of benzene rings is 2. The van der Waals surface area contributed by atoms with Crippen molar-refractivity contribution in [3.63, 3.8) is 0 Å². The lowest BCUT2D eigenvalue weighted by Gasteiger charge is -2.32. The first-order valence-electron chi connectivity index (χ1n) is 12.4. The number of carbonyl (C=O) groups is 4. The molecule has 13 heteroatoms. The number of halogens is 4. The normalized spacial score (nSPS) is 19.1. The highest BCUT2D eigenvalue weighted by molar-refractivity contribution is 7.08. The Hall–Kier alpha value is -4.10. The van der Waals surface area contributed by atoms with Gasteiger partial charge in [0.25, 0.3) is 5.91 Å². The highest BCUT2D eigenvalue weighted by Crippen LogP contribution is 2.44. The fraction of sp³-hybridized carbons (Fsp3) is 0.286. The average Bonchev–Trinajstić information content (AvgIpc) is 3.60. The molecule has 0 radical (unpaired) electrons. The third-order valence-corrected chi connectivity index (χ3v) is 8.09. The van der Waals surface area contributed by atoms with Gasteiger partial charge in [0.2, 0.25) is 17.4 Å². The van der Waals surface area contributed by atoms with E-state index in [1.54, 1.807) is 22.9 Å².